The smallest absolute Gasteiger partial charge is 0.137 e. The fourth-order valence-electron chi connectivity index (χ4n) is 2.77. The van der Waals surface area contributed by atoms with Crippen molar-refractivity contribution in [3.05, 3.63) is 69.4 Å². The predicted molar refractivity (Wildman–Crippen MR) is 83.2 cm³/mol. The molecule has 0 aromatic heterocycles. The first-order valence-electron chi connectivity index (χ1n) is 6.96. The van der Waals surface area contributed by atoms with Gasteiger partial charge in [0.25, 0.3) is 0 Å². The van der Waals surface area contributed by atoms with Gasteiger partial charge in [0, 0.05) is 0 Å². The van der Waals surface area contributed by atoms with Crippen molar-refractivity contribution in [1.29, 1.82) is 0 Å². The lowest BCUT2D eigenvalue weighted by atomic mass is 9.76. The Morgan fingerprint density at radius 2 is 1.90 bits per heavy atom. The van der Waals surface area contributed by atoms with Gasteiger partial charge in [-0.2, -0.15) is 0 Å². The Balaban J connectivity index is 1.97. The molecule has 0 heterocycles. The second-order valence-corrected chi connectivity index (χ2v) is 6.26. The van der Waals surface area contributed by atoms with Crippen molar-refractivity contribution in [1.82, 2.24) is 0 Å². The van der Waals surface area contributed by atoms with E-state index in [9.17, 15) is 4.39 Å². The fraction of sp³-hybridized carbons (Fsp3) is 0.294. The lowest BCUT2D eigenvalue weighted by molar-refractivity contribution is 0.416. The van der Waals surface area contributed by atoms with Crippen LogP contribution in [0.2, 0.25) is 0 Å². The van der Waals surface area contributed by atoms with Crippen LogP contribution in [0.5, 0.6) is 0 Å². The topological polar surface area (TPSA) is 26.0 Å². The summed E-state index contributed by atoms with van der Waals surface area (Å²) in [6, 6.07) is 13.2. The summed E-state index contributed by atoms with van der Waals surface area (Å²) in [5.74, 6) is 0.358. The van der Waals surface area contributed by atoms with Crippen molar-refractivity contribution in [3.8, 4) is 0 Å². The molecule has 1 fully saturated rings. The third-order valence-corrected chi connectivity index (χ3v) is 4.82. The molecule has 1 unspecified atom stereocenters. The van der Waals surface area contributed by atoms with Crippen LogP contribution in [-0.2, 0) is 0 Å². The van der Waals surface area contributed by atoms with Crippen molar-refractivity contribution < 1.29 is 4.39 Å². The van der Waals surface area contributed by atoms with E-state index < -0.39 is 0 Å². The molecule has 1 aliphatic carbocycles. The molecule has 3 heteroatoms. The van der Waals surface area contributed by atoms with Crippen molar-refractivity contribution in [2.75, 3.05) is 0 Å². The van der Waals surface area contributed by atoms with Crippen molar-refractivity contribution in [3.63, 3.8) is 0 Å². The Labute approximate surface area is 127 Å². The van der Waals surface area contributed by atoms with Crippen molar-refractivity contribution in [2.45, 2.75) is 31.2 Å². The van der Waals surface area contributed by atoms with E-state index in [0.29, 0.717) is 10.4 Å². The van der Waals surface area contributed by atoms with Gasteiger partial charge in [-0.05, 0) is 63.5 Å². The molecule has 20 heavy (non-hydrogen) atoms. The molecule has 3 rings (SSSR count). The fourth-order valence-corrected chi connectivity index (χ4v) is 3.02. The standard InChI is InChI=1S/C17H17BrFN/c18-15-9-8-12(10-16(15)19)17(20)14-7-2-1-6-13(14)11-4-3-5-11/h1-2,6-11,17H,3-5,20H2. The Kier molecular flexibility index (Phi) is 3.90. The van der Waals surface area contributed by atoms with Gasteiger partial charge in [-0.3, -0.25) is 0 Å². The summed E-state index contributed by atoms with van der Waals surface area (Å²) in [5, 5.41) is 0. The van der Waals surface area contributed by atoms with E-state index in [1.54, 1.807) is 6.07 Å². The highest BCUT2D eigenvalue weighted by Crippen LogP contribution is 2.40. The van der Waals surface area contributed by atoms with E-state index >= 15 is 0 Å². The summed E-state index contributed by atoms with van der Waals surface area (Å²) in [5.41, 5.74) is 9.64. The summed E-state index contributed by atoms with van der Waals surface area (Å²) < 4.78 is 14.2. The zero-order chi connectivity index (χ0) is 14.1. The van der Waals surface area contributed by atoms with Gasteiger partial charge in [0.2, 0.25) is 0 Å². The van der Waals surface area contributed by atoms with Gasteiger partial charge in [-0.25, -0.2) is 4.39 Å². The molecule has 2 N–H and O–H groups in total. The molecular formula is C17H17BrFN. The third kappa shape index (κ3) is 2.52. The molecule has 0 aliphatic heterocycles. The highest BCUT2D eigenvalue weighted by Gasteiger charge is 2.24. The van der Waals surface area contributed by atoms with Crippen LogP contribution >= 0.6 is 15.9 Å². The van der Waals surface area contributed by atoms with Crippen molar-refractivity contribution in [2.24, 2.45) is 5.73 Å². The van der Waals surface area contributed by atoms with Gasteiger partial charge in [-0.15, -0.1) is 0 Å². The van der Waals surface area contributed by atoms with Gasteiger partial charge in [0.15, 0.2) is 0 Å². The van der Waals surface area contributed by atoms with Gasteiger partial charge >= 0.3 is 0 Å². The Morgan fingerprint density at radius 1 is 1.15 bits per heavy atom. The summed E-state index contributed by atoms with van der Waals surface area (Å²) in [4.78, 5) is 0. The van der Waals surface area contributed by atoms with Crippen LogP contribution in [0.25, 0.3) is 0 Å². The minimum atomic E-state index is -0.269. The molecule has 1 aliphatic rings. The van der Waals surface area contributed by atoms with Crippen LogP contribution in [0, 0.1) is 5.82 Å². The Hall–Kier alpha value is -1.19. The number of benzene rings is 2. The molecular weight excluding hydrogens is 317 g/mol. The minimum absolute atomic E-state index is 0.265. The van der Waals surface area contributed by atoms with Crippen LogP contribution < -0.4 is 5.73 Å². The summed E-state index contributed by atoms with van der Waals surface area (Å²) in [6.45, 7) is 0. The van der Waals surface area contributed by atoms with Crippen LogP contribution in [0.1, 0.15) is 47.9 Å². The van der Waals surface area contributed by atoms with Crippen LogP contribution in [0.4, 0.5) is 4.39 Å². The molecule has 0 radical (unpaired) electrons. The van der Waals surface area contributed by atoms with Gasteiger partial charge in [-0.1, -0.05) is 36.8 Å². The van der Waals surface area contributed by atoms with E-state index in [0.717, 1.165) is 11.1 Å². The zero-order valence-electron chi connectivity index (χ0n) is 11.2. The van der Waals surface area contributed by atoms with Crippen LogP contribution in [0.15, 0.2) is 46.9 Å². The third-order valence-electron chi connectivity index (χ3n) is 4.18. The van der Waals surface area contributed by atoms with Crippen LogP contribution in [-0.4, -0.2) is 0 Å². The monoisotopic (exact) mass is 333 g/mol. The van der Waals surface area contributed by atoms with E-state index in [-0.39, 0.29) is 11.9 Å². The second-order valence-electron chi connectivity index (χ2n) is 5.41. The van der Waals surface area contributed by atoms with Crippen LogP contribution in [0.3, 0.4) is 0 Å². The number of hydrogen-bond donors (Lipinski definition) is 1. The average Bonchev–Trinajstić information content (AvgIpc) is 2.40. The van der Waals surface area contributed by atoms with Gasteiger partial charge in [0.1, 0.15) is 5.82 Å². The lowest BCUT2D eigenvalue weighted by Gasteiger charge is -2.29. The molecule has 0 bridgehead atoms. The molecule has 0 amide bonds. The Morgan fingerprint density at radius 3 is 2.55 bits per heavy atom. The SMILES string of the molecule is NC(c1ccc(Br)c(F)c1)c1ccccc1C1CCC1. The summed E-state index contributed by atoms with van der Waals surface area (Å²) in [6.07, 6.45) is 3.76. The summed E-state index contributed by atoms with van der Waals surface area (Å²) >= 11 is 3.18. The highest BCUT2D eigenvalue weighted by atomic mass is 79.9. The van der Waals surface area contributed by atoms with E-state index in [1.165, 1.54) is 30.9 Å². The van der Waals surface area contributed by atoms with Gasteiger partial charge < -0.3 is 5.73 Å². The molecule has 0 saturated heterocycles. The van der Waals surface area contributed by atoms with E-state index in [2.05, 4.69) is 34.1 Å². The normalized spacial score (nSPS) is 16.8. The zero-order valence-corrected chi connectivity index (χ0v) is 12.7. The first-order valence-corrected chi connectivity index (χ1v) is 7.75. The quantitative estimate of drug-likeness (QED) is 0.848. The van der Waals surface area contributed by atoms with Crippen molar-refractivity contribution >= 4 is 15.9 Å². The summed E-state index contributed by atoms with van der Waals surface area (Å²) in [7, 11) is 0. The molecule has 1 saturated carbocycles. The maximum atomic E-state index is 13.7. The van der Waals surface area contributed by atoms with Gasteiger partial charge in [0.05, 0.1) is 10.5 Å². The first-order chi connectivity index (χ1) is 9.66. The number of nitrogens with two attached hydrogens (primary N) is 1. The van der Waals surface area contributed by atoms with E-state index in [1.807, 2.05) is 12.1 Å². The molecule has 0 spiro atoms. The molecule has 104 valence electrons. The van der Waals surface area contributed by atoms with E-state index in [4.69, 9.17) is 5.73 Å². The second kappa shape index (κ2) is 5.66. The predicted octanol–water partition coefficient (Wildman–Crippen LogP) is 4.90. The molecule has 2 aromatic rings. The minimum Gasteiger partial charge on any atom is -0.320 e. The number of rotatable bonds is 3. The largest absolute Gasteiger partial charge is 0.320 e. The molecule has 1 atom stereocenters. The highest BCUT2D eigenvalue weighted by molar-refractivity contribution is 9.10. The molecule has 1 nitrogen and oxygen atoms in total. The number of hydrogen-bond acceptors (Lipinski definition) is 1. The maximum Gasteiger partial charge on any atom is 0.137 e. The Bertz CT molecular complexity index is 622. The lowest BCUT2D eigenvalue weighted by Crippen LogP contribution is -2.18. The molecule has 2 aromatic carbocycles. The number of halogens is 2. The maximum absolute atomic E-state index is 13.7. The average molecular weight is 334 g/mol. The first kappa shape index (κ1) is 13.8.